The summed E-state index contributed by atoms with van der Waals surface area (Å²) in [5.41, 5.74) is 3.57. The van der Waals surface area contributed by atoms with Gasteiger partial charge in [-0.1, -0.05) is 53.5 Å². The molecular formula is C30H29Cl2N3O3. The molecule has 0 atom stereocenters. The summed E-state index contributed by atoms with van der Waals surface area (Å²) in [7, 11) is 1.63. The maximum Gasteiger partial charge on any atom is 0.256 e. The molecule has 3 aromatic carbocycles. The van der Waals surface area contributed by atoms with Crippen LogP contribution >= 0.6 is 23.2 Å². The van der Waals surface area contributed by atoms with Crippen LogP contribution in [0.15, 0.2) is 72.9 Å². The maximum atomic E-state index is 13.8. The topological polar surface area (TPSA) is 65.6 Å². The fourth-order valence-electron chi connectivity index (χ4n) is 4.65. The molecule has 1 saturated carbocycles. The Kier molecular flexibility index (Phi) is 7.91. The molecule has 0 saturated heterocycles. The van der Waals surface area contributed by atoms with Gasteiger partial charge in [0.05, 0.1) is 17.7 Å². The SMILES string of the molecule is COc1ccc(CN(CCc2c[nH]c3ccccc23)C(=O)CN(C(=O)c2ccc(Cl)cc2Cl)C2CC2)cc1. The summed E-state index contributed by atoms with van der Waals surface area (Å²) in [6.45, 7) is 0.938. The summed E-state index contributed by atoms with van der Waals surface area (Å²) in [6.07, 6.45) is 4.44. The molecule has 1 aliphatic rings. The number of nitrogens with one attached hydrogen (secondary N) is 1. The zero-order valence-electron chi connectivity index (χ0n) is 21.1. The van der Waals surface area contributed by atoms with E-state index in [0.29, 0.717) is 30.1 Å². The number of ether oxygens (including phenoxy) is 1. The molecule has 1 fully saturated rings. The lowest BCUT2D eigenvalue weighted by Gasteiger charge is -2.28. The van der Waals surface area contributed by atoms with Crippen molar-refractivity contribution in [3.8, 4) is 5.75 Å². The van der Waals surface area contributed by atoms with Crippen molar-refractivity contribution in [2.45, 2.75) is 31.8 Å². The first kappa shape index (κ1) is 26.1. The number of nitrogens with zero attached hydrogens (tertiary/aromatic N) is 2. The smallest absolute Gasteiger partial charge is 0.256 e. The van der Waals surface area contributed by atoms with Gasteiger partial charge in [0, 0.05) is 41.3 Å². The molecule has 38 heavy (non-hydrogen) atoms. The third-order valence-corrected chi connectivity index (χ3v) is 7.47. The van der Waals surface area contributed by atoms with Crippen LogP contribution in [-0.2, 0) is 17.8 Å². The first-order chi connectivity index (χ1) is 18.4. The van der Waals surface area contributed by atoms with E-state index in [9.17, 15) is 9.59 Å². The summed E-state index contributed by atoms with van der Waals surface area (Å²) < 4.78 is 5.28. The van der Waals surface area contributed by atoms with Crippen LogP contribution in [0.5, 0.6) is 5.75 Å². The number of aromatic nitrogens is 1. The summed E-state index contributed by atoms with van der Waals surface area (Å²) >= 11 is 12.4. The number of carbonyl (C=O) groups excluding carboxylic acids is 2. The number of carbonyl (C=O) groups is 2. The molecule has 2 amide bonds. The lowest BCUT2D eigenvalue weighted by molar-refractivity contribution is -0.132. The molecule has 5 rings (SSSR count). The summed E-state index contributed by atoms with van der Waals surface area (Å²) in [4.78, 5) is 34.0. The van der Waals surface area contributed by atoms with E-state index < -0.39 is 0 Å². The molecule has 8 heteroatoms. The van der Waals surface area contributed by atoms with Crippen LogP contribution in [0.25, 0.3) is 10.9 Å². The highest BCUT2D eigenvalue weighted by Gasteiger charge is 2.36. The van der Waals surface area contributed by atoms with Crippen molar-refractivity contribution < 1.29 is 14.3 Å². The number of halogens is 2. The molecular weight excluding hydrogens is 521 g/mol. The molecule has 1 heterocycles. The Morgan fingerprint density at radius 2 is 1.79 bits per heavy atom. The van der Waals surface area contributed by atoms with Crippen molar-refractivity contribution in [2.24, 2.45) is 0 Å². The predicted molar refractivity (Wildman–Crippen MR) is 151 cm³/mol. The van der Waals surface area contributed by atoms with E-state index in [0.717, 1.165) is 40.6 Å². The van der Waals surface area contributed by atoms with Gasteiger partial charge in [0.15, 0.2) is 0 Å². The number of aromatic amines is 1. The van der Waals surface area contributed by atoms with Gasteiger partial charge < -0.3 is 19.5 Å². The van der Waals surface area contributed by atoms with Gasteiger partial charge in [-0.05, 0) is 66.8 Å². The molecule has 1 aliphatic carbocycles. The minimum Gasteiger partial charge on any atom is -0.497 e. The second-order valence-corrected chi connectivity index (χ2v) is 10.4. The standard InChI is InChI=1S/C30H29Cl2N3O3/c1-38-24-11-6-20(7-12-24)18-34(15-14-21-17-33-28-5-3-2-4-25(21)28)29(36)19-35(23-9-10-23)30(37)26-13-8-22(31)16-27(26)32/h2-8,11-13,16-17,23,33H,9-10,14-15,18-19H2,1H3. The second-order valence-electron chi connectivity index (χ2n) is 9.56. The molecule has 0 aliphatic heterocycles. The van der Waals surface area contributed by atoms with Gasteiger partial charge in [0.1, 0.15) is 12.3 Å². The molecule has 1 N–H and O–H groups in total. The van der Waals surface area contributed by atoms with Gasteiger partial charge in [0.2, 0.25) is 5.91 Å². The van der Waals surface area contributed by atoms with Crippen LogP contribution in [0.2, 0.25) is 10.0 Å². The Hall–Kier alpha value is -3.48. The molecule has 0 spiro atoms. The fourth-order valence-corrected chi connectivity index (χ4v) is 5.14. The van der Waals surface area contributed by atoms with Crippen LogP contribution < -0.4 is 4.74 Å². The van der Waals surface area contributed by atoms with Crippen LogP contribution in [0, 0.1) is 0 Å². The Labute approximate surface area is 232 Å². The lowest BCUT2D eigenvalue weighted by Crippen LogP contribution is -2.44. The second kappa shape index (κ2) is 11.5. The van der Waals surface area contributed by atoms with Crippen molar-refractivity contribution in [1.29, 1.82) is 0 Å². The molecule has 0 bridgehead atoms. The Balaban J connectivity index is 1.36. The fraction of sp³-hybridized carbons (Fsp3) is 0.267. The summed E-state index contributed by atoms with van der Waals surface area (Å²) in [6, 6.07) is 20.7. The largest absolute Gasteiger partial charge is 0.497 e. The van der Waals surface area contributed by atoms with E-state index >= 15 is 0 Å². The quantitative estimate of drug-likeness (QED) is 0.250. The highest BCUT2D eigenvalue weighted by molar-refractivity contribution is 6.36. The van der Waals surface area contributed by atoms with E-state index in [1.807, 2.05) is 53.6 Å². The van der Waals surface area contributed by atoms with Crippen molar-refractivity contribution in [1.82, 2.24) is 14.8 Å². The number of rotatable bonds is 10. The van der Waals surface area contributed by atoms with Crippen molar-refractivity contribution in [2.75, 3.05) is 20.2 Å². The van der Waals surface area contributed by atoms with Crippen LogP contribution in [0.1, 0.15) is 34.3 Å². The predicted octanol–water partition coefficient (Wildman–Crippen LogP) is 6.36. The first-order valence-corrected chi connectivity index (χ1v) is 13.4. The third-order valence-electron chi connectivity index (χ3n) is 6.93. The minimum absolute atomic E-state index is 0.00745. The zero-order chi connectivity index (χ0) is 26.6. The van der Waals surface area contributed by atoms with Crippen molar-refractivity contribution >= 4 is 45.9 Å². The van der Waals surface area contributed by atoms with Gasteiger partial charge in [-0.25, -0.2) is 0 Å². The number of methoxy groups -OCH3 is 1. The van der Waals surface area contributed by atoms with Crippen LogP contribution in [-0.4, -0.2) is 52.8 Å². The van der Waals surface area contributed by atoms with Gasteiger partial charge >= 0.3 is 0 Å². The number of para-hydroxylation sites is 1. The molecule has 6 nitrogen and oxygen atoms in total. The molecule has 0 unspecified atom stereocenters. The van der Waals surface area contributed by atoms with Gasteiger partial charge in [-0.15, -0.1) is 0 Å². The lowest BCUT2D eigenvalue weighted by atomic mass is 10.1. The van der Waals surface area contributed by atoms with Gasteiger partial charge in [-0.2, -0.15) is 0 Å². The van der Waals surface area contributed by atoms with E-state index in [2.05, 4.69) is 11.1 Å². The van der Waals surface area contributed by atoms with Gasteiger partial charge in [-0.3, -0.25) is 9.59 Å². The maximum absolute atomic E-state index is 13.8. The Bertz CT molecular complexity index is 1450. The normalized spacial score (nSPS) is 12.9. The average Bonchev–Trinajstić information content (AvgIpc) is 3.69. The molecule has 0 radical (unpaired) electrons. The highest BCUT2D eigenvalue weighted by atomic mass is 35.5. The van der Waals surface area contributed by atoms with Gasteiger partial charge in [0.25, 0.3) is 5.91 Å². The van der Waals surface area contributed by atoms with E-state index in [1.54, 1.807) is 30.2 Å². The monoisotopic (exact) mass is 549 g/mol. The number of hydrogen-bond acceptors (Lipinski definition) is 3. The molecule has 1 aromatic heterocycles. The summed E-state index contributed by atoms with van der Waals surface area (Å²) in [5.74, 6) is 0.408. The highest BCUT2D eigenvalue weighted by Crippen LogP contribution is 2.31. The van der Waals surface area contributed by atoms with Crippen molar-refractivity contribution in [3.05, 3.63) is 99.7 Å². The molecule has 4 aromatic rings. The third kappa shape index (κ3) is 5.98. The number of benzene rings is 3. The number of H-pyrrole nitrogens is 1. The Morgan fingerprint density at radius 3 is 2.50 bits per heavy atom. The molecule has 196 valence electrons. The number of amides is 2. The Morgan fingerprint density at radius 1 is 1.03 bits per heavy atom. The number of fused-ring (bicyclic) bond motifs is 1. The average molecular weight is 550 g/mol. The van der Waals surface area contributed by atoms with E-state index in [1.165, 1.54) is 0 Å². The van der Waals surface area contributed by atoms with E-state index in [-0.39, 0.29) is 29.4 Å². The van der Waals surface area contributed by atoms with Crippen LogP contribution in [0.3, 0.4) is 0 Å². The zero-order valence-corrected chi connectivity index (χ0v) is 22.6. The summed E-state index contributed by atoms with van der Waals surface area (Å²) in [5, 5.41) is 1.90. The first-order valence-electron chi connectivity index (χ1n) is 12.6. The van der Waals surface area contributed by atoms with Crippen LogP contribution in [0.4, 0.5) is 0 Å². The minimum atomic E-state index is -0.247. The number of hydrogen-bond donors (Lipinski definition) is 1. The van der Waals surface area contributed by atoms with E-state index in [4.69, 9.17) is 27.9 Å². The van der Waals surface area contributed by atoms with Crippen molar-refractivity contribution in [3.63, 3.8) is 0 Å².